The van der Waals surface area contributed by atoms with Crippen molar-refractivity contribution in [2.75, 3.05) is 36.0 Å². The monoisotopic (exact) mass is 419 g/mol. The molecule has 3 aromatic rings. The van der Waals surface area contributed by atoms with E-state index in [0.717, 1.165) is 43.1 Å². The van der Waals surface area contributed by atoms with Crippen molar-refractivity contribution in [3.05, 3.63) is 82.9 Å². The van der Waals surface area contributed by atoms with Gasteiger partial charge in [0.1, 0.15) is 0 Å². The molecule has 152 valence electrons. The summed E-state index contributed by atoms with van der Waals surface area (Å²) in [6, 6.07) is 21.1. The number of ether oxygens (including phenoxy) is 1. The summed E-state index contributed by atoms with van der Waals surface area (Å²) in [5.74, 6) is 1.23. The number of nitrogens with zero attached hydrogens (tertiary/aromatic N) is 2. The van der Waals surface area contributed by atoms with Crippen LogP contribution >= 0.6 is 11.6 Å². The van der Waals surface area contributed by atoms with Gasteiger partial charge in [-0.15, -0.1) is 0 Å². The Hall–Kier alpha value is -3.02. The Bertz CT molecular complexity index is 1100. The second-order valence-corrected chi connectivity index (χ2v) is 7.92. The largest absolute Gasteiger partial charge is 0.452 e. The Morgan fingerprint density at radius 1 is 0.933 bits per heavy atom. The first-order valence-corrected chi connectivity index (χ1v) is 10.5. The molecule has 6 heteroatoms. The maximum absolute atomic E-state index is 13.7. The lowest BCUT2D eigenvalue weighted by Crippen LogP contribution is -2.43. The molecule has 2 aliphatic heterocycles. The van der Waals surface area contributed by atoms with Gasteiger partial charge in [-0.25, -0.2) is 0 Å². The zero-order valence-corrected chi connectivity index (χ0v) is 17.2. The Morgan fingerprint density at radius 3 is 2.53 bits per heavy atom. The highest BCUT2D eigenvalue weighted by atomic mass is 35.5. The van der Waals surface area contributed by atoms with Gasteiger partial charge in [-0.05, 0) is 42.0 Å². The van der Waals surface area contributed by atoms with E-state index >= 15 is 0 Å². The molecule has 2 heterocycles. The number of nitrogens with one attached hydrogen (secondary N) is 1. The number of rotatable bonds is 3. The molecule has 0 unspecified atom stereocenters. The molecule has 0 radical (unpaired) electrons. The van der Waals surface area contributed by atoms with Gasteiger partial charge in [-0.2, -0.15) is 0 Å². The maximum Gasteiger partial charge on any atom is 0.262 e. The molecule has 0 atom stereocenters. The fourth-order valence-corrected chi connectivity index (χ4v) is 4.27. The van der Waals surface area contributed by atoms with Gasteiger partial charge in [-0.1, -0.05) is 41.9 Å². The van der Waals surface area contributed by atoms with Crippen LogP contribution in [0, 0.1) is 0 Å². The molecule has 5 nitrogen and oxygen atoms in total. The number of piperazine rings is 1. The van der Waals surface area contributed by atoms with Crippen LogP contribution in [0.1, 0.15) is 15.9 Å². The highest BCUT2D eigenvalue weighted by Gasteiger charge is 2.31. The smallest absolute Gasteiger partial charge is 0.262 e. The highest BCUT2D eigenvalue weighted by molar-refractivity contribution is 6.30. The normalized spacial score (nSPS) is 15.8. The number of hydrogen-bond donors (Lipinski definition) is 1. The van der Waals surface area contributed by atoms with Crippen molar-refractivity contribution in [1.82, 2.24) is 5.32 Å². The SMILES string of the molecule is O=C1c2cccc(N3CCNCC3)c2Oc2ccccc2N1Cc1cccc(Cl)c1. The maximum atomic E-state index is 13.7. The van der Waals surface area contributed by atoms with E-state index in [1.54, 1.807) is 4.90 Å². The van der Waals surface area contributed by atoms with Gasteiger partial charge in [0.15, 0.2) is 11.5 Å². The van der Waals surface area contributed by atoms with Gasteiger partial charge in [0.05, 0.1) is 23.5 Å². The second kappa shape index (κ2) is 8.01. The molecule has 3 aromatic carbocycles. The number of amides is 1. The molecule has 1 saturated heterocycles. The number of benzene rings is 3. The average Bonchev–Trinajstić information content (AvgIpc) is 2.89. The average molecular weight is 420 g/mol. The van der Waals surface area contributed by atoms with Gasteiger partial charge in [0.2, 0.25) is 0 Å². The summed E-state index contributed by atoms with van der Waals surface area (Å²) in [5, 5.41) is 4.03. The number of carbonyl (C=O) groups is 1. The number of fused-ring (bicyclic) bond motifs is 2. The minimum Gasteiger partial charge on any atom is -0.452 e. The molecule has 0 bridgehead atoms. The van der Waals surface area contributed by atoms with E-state index in [9.17, 15) is 4.79 Å². The number of halogens is 1. The first-order valence-electron chi connectivity index (χ1n) is 10.1. The molecule has 0 spiro atoms. The lowest BCUT2D eigenvalue weighted by molar-refractivity contribution is 0.0985. The van der Waals surface area contributed by atoms with Gasteiger partial charge in [-0.3, -0.25) is 4.79 Å². The van der Waals surface area contributed by atoms with Crippen LogP contribution in [0.3, 0.4) is 0 Å². The number of para-hydroxylation sites is 3. The minimum atomic E-state index is -0.0769. The predicted molar refractivity (Wildman–Crippen MR) is 120 cm³/mol. The van der Waals surface area contributed by atoms with Gasteiger partial charge < -0.3 is 19.9 Å². The topological polar surface area (TPSA) is 44.8 Å². The lowest BCUT2D eigenvalue weighted by Gasteiger charge is -2.31. The summed E-state index contributed by atoms with van der Waals surface area (Å²) >= 11 is 6.18. The third-order valence-corrected chi connectivity index (χ3v) is 5.76. The van der Waals surface area contributed by atoms with Crippen molar-refractivity contribution in [2.45, 2.75) is 6.54 Å². The Kier molecular flexibility index (Phi) is 5.07. The first kappa shape index (κ1) is 19.0. The fourth-order valence-electron chi connectivity index (χ4n) is 4.06. The Morgan fingerprint density at radius 2 is 1.70 bits per heavy atom. The third kappa shape index (κ3) is 3.51. The van der Waals surface area contributed by atoms with E-state index in [1.807, 2.05) is 66.7 Å². The molecular formula is C24H22ClN3O2. The summed E-state index contributed by atoms with van der Waals surface area (Å²) in [6.45, 7) is 3.99. The summed E-state index contributed by atoms with van der Waals surface area (Å²) < 4.78 is 6.40. The third-order valence-electron chi connectivity index (χ3n) is 5.53. The first-order chi connectivity index (χ1) is 14.7. The van der Waals surface area contributed by atoms with Crippen molar-refractivity contribution < 1.29 is 9.53 Å². The zero-order chi connectivity index (χ0) is 20.5. The zero-order valence-electron chi connectivity index (χ0n) is 16.5. The van der Waals surface area contributed by atoms with Crippen LogP contribution in [0.15, 0.2) is 66.7 Å². The van der Waals surface area contributed by atoms with Crippen LogP contribution < -0.4 is 19.9 Å². The molecule has 1 N–H and O–H groups in total. The summed E-state index contributed by atoms with van der Waals surface area (Å²) in [4.78, 5) is 17.8. The molecular weight excluding hydrogens is 398 g/mol. The molecule has 30 heavy (non-hydrogen) atoms. The van der Waals surface area contributed by atoms with Crippen molar-refractivity contribution >= 4 is 28.9 Å². The van der Waals surface area contributed by atoms with Gasteiger partial charge in [0, 0.05) is 31.2 Å². The molecule has 0 aromatic heterocycles. The molecule has 1 fully saturated rings. The molecule has 2 aliphatic rings. The van der Waals surface area contributed by atoms with E-state index in [4.69, 9.17) is 16.3 Å². The van der Waals surface area contributed by atoms with Crippen molar-refractivity contribution in [1.29, 1.82) is 0 Å². The standard InChI is InChI=1S/C24H22ClN3O2/c25-18-6-3-5-17(15-18)16-28-20-8-1-2-10-22(20)30-23-19(24(28)29)7-4-9-21(23)27-13-11-26-12-14-27/h1-10,15,26H,11-14,16H2. The van der Waals surface area contributed by atoms with Crippen LogP contribution in [0.5, 0.6) is 11.5 Å². The molecule has 0 saturated carbocycles. The lowest BCUT2D eigenvalue weighted by atomic mass is 10.1. The van der Waals surface area contributed by atoms with E-state index in [0.29, 0.717) is 28.6 Å². The van der Waals surface area contributed by atoms with Crippen molar-refractivity contribution in [3.63, 3.8) is 0 Å². The molecule has 5 rings (SSSR count). The summed E-state index contributed by atoms with van der Waals surface area (Å²) in [7, 11) is 0. The minimum absolute atomic E-state index is 0.0769. The summed E-state index contributed by atoms with van der Waals surface area (Å²) in [6.07, 6.45) is 0. The second-order valence-electron chi connectivity index (χ2n) is 7.48. The quantitative estimate of drug-likeness (QED) is 0.668. The van der Waals surface area contributed by atoms with E-state index < -0.39 is 0 Å². The van der Waals surface area contributed by atoms with Crippen LogP contribution in [0.25, 0.3) is 0 Å². The highest BCUT2D eigenvalue weighted by Crippen LogP contribution is 2.44. The van der Waals surface area contributed by atoms with Crippen LogP contribution in [0.4, 0.5) is 11.4 Å². The van der Waals surface area contributed by atoms with Gasteiger partial charge in [0.25, 0.3) is 5.91 Å². The van der Waals surface area contributed by atoms with E-state index in [-0.39, 0.29) is 5.91 Å². The number of carbonyl (C=O) groups excluding carboxylic acids is 1. The Balaban J connectivity index is 1.61. The number of anilines is 2. The van der Waals surface area contributed by atoms with Crippen molar-refractivity contribution in [2.24, 2.45) is 0 Å². The van der Waals surface area contributed by atoms with Crippen LogP contribution in [-0.4, -0.2) is 32.1 Å². The van der Waals surface area contributed by atoms with Gasteiger partial charge >= 0.3 is 0 Å². The fraction of sp³-hybridized carbons (Fsp3) is 0.208. The predicted octanol–water partition coefficient (Wildman–Crippen LogP) is 4.70. The van der Waals surface area contributed by atoms with E-state index in [1.165, 1.54) is 0 Å². The molecule has 1 amide bonds. The van der Waals surface area contributed by atoms with Crippen LogP contribution in [0.2, 0.25) is 5.02 Å². The Labute approximate surface area is 180 Å². The van der Waals surface area contributed by atoms with Crippen LogP contribution in [-0.2, 0) is 6.54 Å². The molecule has 0 aliphatic carbocycles. The van der Waals surface area contributed by atoms with E-state index in [2.05, 4.69) is 10.2 Å². The summed E-state index contributed by atoms with van der Waals surface area (Å²) in [5.41, 5.74) is 3.25. The number of hydrogen-bond acceptors (Lipinski definition) is 4. The van der Waals surface area contributed by atoms with Crippen molar-refractivity contribution in [3.8, 4) is 11.5 Å².